The van der Waals surface area contributed by atoms with Crippen molar-refractivity contribution in [2.75, 3.05) is 0 Å². The van der Waals surface area contributed by atoms with Crippen LogP contribution in [0.5, 0.6) is 0 Å². The minimum atomic E-state index is -3.60. The summed E-state index contributed by atoms with van der Waals surface area (Å²) in [5, 5.41) is 0.661. The molecule has 0 amide bonds. The van der Waals surface area contributed by atoms with E-state index in [9.17, 15) is 8.42 Å². The van der Waals surface area contributed by atoms with E-state index in [1.807, 2.05) is 37.3 Å². The van der Waals surface area contributed by atoms with Crippen LogP contribution in [-0.2, 0) is 10.0 Å². The minimum absolute atomic E-state index is 0.244. The van der Waals surface area contributed by atoms with Crippen molar-refractivity contribution >= 4 is 33.0 Å². The van der Waals surface area contributed by atoms with Gasteiger partial charge in [0.15, 0.2) is 0 Å². The highest BCUT2D eigenvalue weighted by Crippen LogP contribution is 2.30. The minimum Gasteiger partial charge on any atom is -0.274 e. The quantitative estimate of drug-likeness (QED) is 0.423. The van der Waals surface area contributed by atoms with Crippen molar-refractivity contribution < 1.29 is 8.42 Å². The lowest BCUT2D eigenvalue weighted by molar-refractivity contribution is 0.492. The first-order chi connectivity index (χ1) is 15.0. The van der Waals surface area contributed by atoms with Gasteiger partial charge in [-0.25, -0.2) is 28.1 Å². The van der Waals surface area contributed by atoms with E-state index in [4.69, 9.17) is 11.6 Å². The van der Waals surface area contributed by atoms with Crippen LogP contribution in [0, 0.1) is 6.92 Å². The maximum Gasteiger partial charge on any atom is 0.250 e. The normalized spacial score (nSPS) is 12.3. The molecule has 0 bridgehead atoms. The highest BCUT2D eigenvalue weighted by atomic mass is 35.5. The van der Waals surface area contributed by atoms with Crippen molar-refractivity contribution in [3.8, 4) is 27.8 Å². The van der Waals surface area contributed by atoms with E-state index in [1.165, 1.54) is 11.3 Å². The molecule has 0 radical (unpaired) electrons. The molecule has 166 valence electrons. The number of thiophene rings is 1. The molecule has 0 unspecified atom stereocenters. The number of nitrogens with zero attached hydrogens (tertiary/aromatic N) is 4. The lowest BCUT2D eigenvalue weighted by Gasteiger charge is -2.19. The molecule has 1 N–H and O–H groups in total. The largest absolute Gasteiger partial charge is 0.274 e. The number of aryl methyl sites for hydroxylation is 1. The third kappa shape index (κ3) is 5.07. The zero-order valence-electron chi connectivity index (χ0n) is 18.0. The highest BCUT2D eigenvalue weighted by Gasteiger charge is 2.24. The van der Waals surface area contributed by atoms with Crippen LogP contribution in [0.15, 0.2) is 59.2 Å². The predicted molar refractivity (Wildman–Crippen MR) is 128 cm³/mol. The lowest BCUT2D eigenvalue weighted by Crippen LogP contribution is -2.40. The van der Waals surface area contributed by atoms with Crippen LogP contribution in [0.2, 0.25) is 5.02 Å². The number of aromatic nitrogens is 4. The summed E-state index contributed by atoms with van der Waals surface area (Å²) >= 11 is 7.16. The molecule has 3 aromatic heterocycles. The smallest absolute Gasteiger partial charge is 0.250 e. The molecule has 4 rings (SSSR count). The van der Waals surface area contributed by atoms with Crippen LogP contribution in [0.3, 0.4) is 0 Å². The Hall–Kier alpha value is -2.59. The first-order valence-electron chi connectivity index (χ1n) is 9.80. The van der Waals surface area contributed by atoms with E-state index < -0.39 is 15.6 Å². The Kier molecular flexibility index (Phi) is 5.93. The van der Waals surface area contributed by atoms with Gasteiger partial charge in [0.1, 0.15) is 10.5 Å². The van der Waals surface area contributed by atoms with Gasteiger partial charge in [0.2, 0.25) is 5.95 Å². The average molecular weight is 488 g/mol. The molecule has 0 saturated carbocycles. The summed E-state index contributed by atoms with van der Waals surface area (Å²) in [6, 6.07) is 12.7. The second-order valence-electron chi connectivity index (χ2n) is 8.34. The summed E-state index contributed by atoms with van der Waals surface area (Å²) in [4.78, 5) is 14.4. The van der Waals surface area contributed by atoms with Gasteiger partial charge in [-0.05, 0) is 58.0 Å². The van der Waals surface area contributed by atoms with Gasteiger partial charge >= 0.3 is 0 Å². The standard InChI is InChI=1S/C22H22ClN5O2S2/c1-14-11-17(15-5-7-16(23)8-6-15)26-21(25-14)28-12-18(24-13-28)19-9-10-20(31-19)32(29,30)27-22(2,3)4/h5-13,27H,1-4H3. The van der Waals surface area contributed by atoms with Crippen molar-refractivity contribution in [1.29, 1.82) is 0 Å². The van der Waals surface area contributed by atoms with Crippen LogP contribution < -0.4 is 4.72 Å². The Morgan fingerprint density at radius 3 is 2.44 bits per heavy atom. The predicted octanol–water partition coefficient (Wildman–Crippen LogP) is 5.10. The molecule has 0 fully saturated rings. The van der Waals surface area contributed by atoms with Gasteiger partial charge in [-0.2, -0.15) is 0 Å². The summed E-state index contributed by atoms with van der Waals surface area (Å²) in [6.07, 6.45) is 3.41. The Labute approximate surface area is 196 Å². The molecular weight excluding hydrogens is 466 g/mol. The molecule has 4 aromatic rings. The van der Waals surface area contributed by atoms with Crippen molar-refractivity contribution in [2.45, 2.75) is 37.4 Å². The van der Waals surface area contributed by atoms with E-state index in [1.54, 1.807) is 50.0 Å². The van der Waals surface area contributed by atoms with Crippen molar-refractivity contribution in [3.63, 3.8) is 0 Å². The van der Waals surface area contributed by atoms with Gasteiger partial charge in [0.05, 0.1) is 16.3 Å². The molecule has 7 nitrogen and oxygen atoms in total. The monoisotopic (exact) mass is 487 g/mol. The van der Waals surface area contributed by atoms with E-state index in [-0.39, 0.29) is 4.21 Å². The SMILES string of the molecule is Cc1cc(-c2ccc(Cl)cc2)nc(-n2cnc(-c3ccc(S(=O)(=O)NC(C)(C)C)s3)c2)n1. The van der Waals surface area contributed by atoms with Gasteiger partial charge in [-0.3, -0.25) is 4.57 Å². The number of benzene rings is 1. The van der Waals surface area contributed by atoms with Gasteiger partial charge in [-0.1, -0.05) is 23.7 Å². The average Bonchev–Trinajstić information content (AvgIpc) is 3.36. The summed E-state index contributed by atoms with van der Waals surface area (Å²) in [5.74, 6) is 0.479. The number of halogens is 1. The fourth-order valence-corrected chi connectivity index (χ4v) is 5.86. The first kappa shape index (κ1) is 22.6. The molecule has 0 aliphatic heterocycles. The van der Waals surface area contributed by atoms with Gasteiger partial charge in [-0.15, -0.1) is 11.3 Å². The Morgan fingerprint density at radius 2 is 1.75 bits per heavy atom. The van der Waals surface area contributed by atoms with E-state index >= 15 is 0 Å². The molecule has 0 spiro atoms. The second-order valence-corrected chi connectivity index (χ2v) is 11.8. The maximum absolute atomic E-state index is 12.6. The number of nitrogens with one attached hydrogen (secondary N) is 1. The van der Waals surface area contributed by atoms with E-state index in [2.05, 4.69) is 19.7 Å². The van der Waals surface area contributed by atoms with Crippen molar-refractivity contribution in [2.24, 2.45) is 0 Å². The molecule has 0 atom stereocenters. The number of imidazole rings is 1. The summed E-state index contributed by atoms with van der Waals surface area (Å²) in [6.45, 7) is 7.32. The Morgan fingerprint density at radius 1 is 1.03 bits per heavy atom. The molecule has 32 heavy (non-hydrogen) atoms. The number of hydrogen-bond donors (Lipinski definition) is 1. The van der Waals surface area contributed by atoms with Gasteiger partial charge in [0.25, 0.3) is 10.0 Å². The third-order valence-electron chi connectivity index (χ3n) is 4.34. The van der Waals surface area contributed by atoms with Gasteiger partial charge < -0.3 is 0 Å². The third-order valence-corrected chi connectivity index (χ3v) is 7.94. The van der Waals surface area contributed by atoms with Crippen LogP contribution in [0.1, 0.15) is 26.5 Å². The van der Waals surface area contributed by atoms with Crippen LogP contribution in [0.4, 0.5) is 0 Å². The van der Waals surface area contributed by atoms with Crippen molar-refractivity contribution in [3.05, 3.63) is 65.7 Å². The van der Waals surface area contributed by atoms with Crippen LogP contribution in [0.25, 0.3) is 27.8 Å². The van der Waals surface area contributed by atoms with Crippen LogP contribution in [-0.4, -0.2) is 33.5 Å². The molecule has 0 saturated heterocycles. The zero-order valence-corrected chi connectivity index (χ0v) is 20.4. The van der Waals surface area contributed by atoms with Crippen LogP contribution >= 0.6 is 22.9 Å². The highest BCUT2D eigenvalue weighted by molar-refractivity contribution is 7.91. The maximum atomic E-state index is 12.6. The fraction of sp³-hybridized carbons (Fsp3) is 0.227. The zero-order chi connectivity index (χ0) is 23.1. The topological polar surface area (TPSA) is 89.8 Å². The summed E-state index contributed by atoms with van der Waals surface area (Å²) in [5.41, 5.74) is 2.60. The Balaban J connectivity index is 1.64. The number of sulfonamides is 1. The second kappa shape index (κ2) is 8.40. The molecule has 10 heteroatoms. The number of hydrogen-bond acceptors (Lipinski definition) is 6. The lowest BCUT2D eigenvalue weighted by atomic mass is 10.1. The Bertz CT molecular complexity index is 1370. The van der Waals surface area contributed by atoms with Crippen molar-refractivity contribution in [1.82, 2.24) is 24.2 Å². The first-order valence-corrected chi connectivity index (χ1v) is 12.5. The fourth-order valence-electron chi connectivity index (χ4n) is 3.05. The van der Waals surface area contributed by atoms with Gasteiger partial charge in [0, 0.05) is 28.0 Å². The molecule has 1 aromatic carbocycles. The summed E-state index contributed by atoms with van der Waals surface area (Å²) < 4.78 is 29.8. The molecule has 0 aliphatic carbocycles. The molecule has 3 heterocycles. The molecular formula is C22H22ClN5O2S2. The van der Waals surface area contributed by atoms with E-state index in [0.29, 0.717) is 16.7 Å². The van der Waals surface area contributed by atoms with E-state index in [0.717, 1.165) is 21.8 Å². The summed E-state index contributed by atoms with van der Waals surface area (Å²) in [7, 11) is -3.60. The number of rotatable bonds is 5. The molecule has 0 aliphatic rings.